The van der Waals surface area contributed by atoms with E-state index in [4.69, 9.17) is 0 Å². The van der Waals surface area contributed by atoms with E-state index in [0.717, 1.165) is 12.3 Å². The van der Waals surface area contributed by atoms with Gasteiger partial charge in [-0.15, -0.1) is 0 Å². The highest BCUT2D eigenvalue weighted by molar-refractivity contribution is 5.75. The van der Waals surface area contributed by atoms with Crippen LogP contribution >= 0.6 is 0 Å². The van der Waals surface area contributed by atoms with Gasteiger partial charge in [0.05, 0.1) is 4.92 Å². The Labute approximate surface area is 76.5 Å². The largest absolute Gasteiger partial charge is 0.298 e. The number of aromatic nitrogens is 1. The van der Waals surface area contributed by atoms with Gasteiger partial charge in [0.1, 0.15) is 0 Å². The first-order valence-electron chi connectivity index (χ1n) is 3.44. The van der Waals surface area contributed by atoms with Crippen LogP contribution in [0.25, 0.3) is 0 Å². The summed E-state index contributed by atoms with van der Waals surface area (Å²) in [6.07, 6.45) is -1.87. The summed E-state index contributed by atoms with van der Waals surface area (Å²) in [4.78, 5) is 22.7. The predicted octanol–water partition coefficient (Wildman–Crippen LogP) is 1.74. The number of alkyl halides is 2. The van der Waals surface area contributed by atoms with Crippen molar-refractivity contribution in [1.29, 1.82) is 0 Å². The second-order valence-electron chi connectivity index (χ2n) is 2.35. The molecule has 0 aromatic carbocycles. The highest BCUT2D eigenvalue weighted by Gasteiger charge is 2.23. The third kappa shape index (κ3) is 1.87. The lowest BCUT2D eigenvalue weighted by molar-refractivity contribution is -0.386. The molecule has 1 heterocycles. The zero-order chi connectivity index (χ0) is 10.7. The number of aldehydes is 1. The van der Waals surface area contributed by atoms with Crippen molar-refractivity contribution < 1.29 is 18.5 Å². The number of hydrogen-bond donors (Lipinski definition) is 0. The number of halogens is 2. The van der Waals surface area contributed by atoms with Gasteiger partial charge in [-0.1, -0.05) is 0 Å². The van der Waals surface area contributed by atoms with Crippen molar-refractivity contribution in [3.63, 3.8) is 0 Å². The number of carbonyl (C=O) groups is 1. The minimum Gasteiger partial charge on any atom is -0.298 e. The number of rotatable bonds is 3. The molecule has 1 rings (SSSR count). The van der Waals surface area contributed by atoms with Crippen molar-refractivity contribution in [2.24, 2.45) is 0 Å². The summed E-state index contributed by atoms with van der Waals surface area (Å²) in [5.41, 5.74) is -1.88. The Morgan fingerprint density at radius 2 is 2.21 bits per heavy atom. The lowest BCUT2D eigenvalue weighted by Crippen LogP contribution is -2.00. The fourth-order valence-corrected chi connectivity index (χ4v) is 0.858. The monoisotopic (exact) mass is 202 g/mol. The maximum atomic E-state index is 12.2. The second-order valence-corrected chi connectivity index (χ2v) is 2.35. The van der Waals surface area contributed by atoms with E-state index in [0.29, 0.717) is 6.29 Å². The zero-order valence-corrected chi connectivity index (χ0v) is 6.68. The number of nitro groups is 1. The molecule has 0 aliphatic carbocycles. The molecule has 0 N–H and O–H groups in total. The van der Waals surface area contributed by atoms with Gasteiger partial charge >= 0.3 is 0 Å². The van der Waals surface area contributed by atoms with Crippen LogP contribution in [0.3, 0.4) is 0 Å². The van der Waals surface area contributed by atoms with Crippen molar-refractivity contribution in [3.05, 3.63) is 33.6 Å². The SMILES string of the molecule is O=Cc1cnc(C(F)F)c([N+](=O)[O-])c1. The van der Waals surface area contributed by atoms with Gasteiger partial charge in [0.25, 0.3) is 12.1 Å². The van der Waals surface area contributed by atoms with Crippen LogP contribution in [0.4, 0.5) is 14.5 Å². The Hall–Kier alpha value is -1.92. The van der Waals surface area contributed by atoms with Gasteiger partial charge in [-0.2, -0.15) is 0 Å². The highest BCUT2D eigenvalue weighted by Crippen LogP contribution is 2.26. The van der Waals surface area contributed by atoms with Gasteiger partial charge in [0.2, 0.25) is 0 Å². The highest BCUT2D eigenvalue weighted by atomic mass is 19.3. The van der Waals surface area contributed by atoms with E-state index in [1.165, 1.54) is 0 Å². The Morgan fingerprint density at radius 3 is 2.64 bits per heavy atom. The molecule has 0 radical (unpaired) electrons. The molecule has 7 heteroatoms. The first-order valence-corrected chi connectivity index (χ1v) is 3.44. The molecule has 0 atom stereocenters. The molecule has 0 spiro atoms. The van der Waals surface area contributed by atoms with Gasteiger partial charge in [0.15, 0.2) is 12.0 Å². The second kappa shape index (κ2) is 3.86. The standard InChI is InChI=1S/C7H4F2N2O3/c8-7(9)6-5(11(13)14)1-4(3-12)2-10-6/h1-3,7H. The molecule has 5 nitrogen and oxygen atoms in total. The predicted molar refractivity (Wildman–Crippen MR) is 41.2 cm³/mol. The average molecular weight is 202 g/mol. The molecule has 0 fully saturated rings. The summed E-state index contributed by atoms with van der Waals surface area (Å²) < 4.78 is 24.3. The first-order chi connectivity index (χ1) is 6.56. The average Bonchev–Trinajstić information content (AvgIpc) is 2.16. The van der Waals surface area contributed by atoms with Gasteiger partial charge in [-0.05, 0) is 0 Å². The summed E-state index contributed by atoms with van der Waals surface area (Å²) in [7, 11) is 0. The van der Waals surface area contributed by atoms with Crippen LogP contribution < -0.4 is 0 Å². The summed E-state index contributed by atoms with van der Waals surface area (Å²) in [6, 6.07) is 0.765. The molecule has 0 saturated carbocycles. The Bertz CT molecular complexity index is 381. The van der Waals surface area contributed by atoms with Gasteiger partial charge in [-0.25, -0.2) is 13.8 Å². The molecule has 1 aromatic heterocycles. The van der Waals surface area contributed by atoms with Crippen LogP contribution in [0, 0.1) is 10.1 Å². The van der Waals surface area contributed by atoms with Crippen LogP contribution in [-0.4, -0.2) is 16.2 Å². The first kappa shape index (κ1) is 10.2. The van der Waals surface area contributed by atoms with E-state index < -0.39 is 22.7 Å². The lowest BCUT2D eigenvalue weighted by atomic mass is 10.2. The van der Waals surface area contributed by atoms with Crippen LogP contribution in [0.5, 0.6) is 0 Å². The minimum absolute atomic E-state index is 0.110. The molecular formula is C7H4F2N2O3. The van der Waals surface area contributed by atoms with Crippen molar-refractivity contribution in [2.75, 3.05) is 0 Å². The van der Waals surface area contributed by atoms with E-state index in [9.17, 15) is 23.7 Å². The molecule has 0 aliphatic rings. The molecule has 0 saturated heterocycles. The van der Waals surface area contributed by atoms with Crippen molar-refractivity contribution in [1.82, 2.24) is 4.98 Å². The molecule has 1 aromatic rings. The maximum Gasteiger partial charge on any atom is 0.297 e. The Kier molecular flexibility index (Phi) is 2.80. The van der Waals surface area contributed by atoms with Crippen LogP contribution in [-0.2, 0) is 0 Å². The Balaban J connectivity index is 3.31. The number of carbonyl (C=O) groups excluding carboxylic acids is 1. The molecular weight excluding hydrogens is 198 g/mol. The van der Waals surface area contributed by atoms with E-state index in [1.54, 1.807) is 0 Å². The van der Waals surface area contributed by atoms with Crippen LogP contribution in [0.2, 0.25) is 0 Å². The molecule has 0 bridgehead atoms. The fraction of sp³-hybridized carbons (Fsp3) is 0.143. The van der Waals surface area contributed by atoms with Crippen molar-refractivity contribution in [2.45, 2.75) is 6.43 Å². The van der Waals surface area contributed by atoms with Crippen LogP contribution in [0.1, 0.15) is 22.5 Å². The normalized spacial score (nSPS) is 10.2. The number of nitrogens with zero attached hydrogens (tertiary/aromatic N) is 2. The number of pyridine rings is 1. The van der Waals surface area contributed by atoms with E-state index >= 15 is 0 Å². The van der Waals surface area contributed by atoms with Crippen molar-refractivity contribution in [3.8, 4) is 0 Å². The maximum absolute atomic E-state index is 12.2. The summed E-state index contributed by atoms with van der Waals surface area (Å²) >= 11 is 0. The van der Waals surface area contributed by atoms with Gasteiger partial charge < -0.3 is 0 Å². The fourth-order valence-electron chi connectivity index (χ4n) is 0.858. The summed E-state index contributed by atoms with van der Waals surface area (Å²) in [5.74, 6) is 0. The van der Waals surface area contributed by atoms with E-state index in [1.807, 2.05) is 0 Å². The van der Waals surface area contributed by atoms with Gasteiger partial charge in [-0.3, -0.25) is 14.9 Å². The summed E-state index contributed by atoms with van der Waals surface area (Å²) in [6.45, 7) is 0. The minimum atomic E-state index is -3.03. The molecule has 14 heavy (non-hydrogen) atoms. The summed E-state index contributed by atoms with van der Waals surface area (Å²) in [5, 5.41) is 10.3. The van der Waals surface area contributed by atoms with Crippen LogP contribution in [0.15, 0.2) is 12.3 Å². The lowest BCUT2D eigenvalue weighted by Gasteiger charge is -2.00. The molecule has 0 unspecified atom stereocenters. The Morgan fingerprint density at radius 1 is 1.57 bits per heavy atom. The zero-order valence-electron chi connectivity index (χ0n) is 6.68. The van der Waals surface area contributed by atoms with Crippen molar-refractivity contribution >= 4 is 12.0 Å². The third-order valence-corrected chi connectivity index (χ3v) is 1.46. The van der Waals surface area contributed by atoms with E-state index in [2.05, 4.69) is 4.98 Å². The topological polar surface area (TPSA) is 73.1 Å². The molecule has 0 amide bonds. The molecule has 74 valence electrons. The van der Waals surface area contributed by atoms with E-state index in [-0.39, 0.29) is 5.56 Å². The molecule has 0 aliphatic heterocycles. The van der Waals surface area contributed by atoms with Gasteiger partial charge in [0, 0.05) is 17.8 Å². The quantitative estimate of drug-likeness (QED) is 0.425. The third-order valence-electron chi connectivity index (χ3n) is 1.46. The number of hydrogen-bond acceptors (Lipinski definition) is 4. The smallest absolute Gasteiger partial charge is 0.297 e.